The van der Waals surface area contributed by atoms with E-state index in [0.717, 1.165) is 24.0 Å². The van der Waals surface area contributed by atoms with Gasteiger partial charge in [-0.1, -0.05) is 0 Å². The topological polar surface area (TPSA) is 49.3 Å². The van der Waals surface area contributed by atoms with Gasteiger partial charge in [0.2, 0.25) is 0 Å². The summed E-state index contributed by atoms with van der Waals surface area (Å²) in [5, 5.41) is 13.7. The van der Waals surface area contributed by atoms with E-state index >= 15 is 0 Å². The monoisotopic (exact) mass is 291 g/mol. The van der Waals surface area contributed by atoms with E-state index in [1.807, 2.05) is 0 Å². The van der Waals surface area contributed by atoms with Gasteiger partial charge in [0.25, 0.3) is 0 Å². The second-order valence-corrected chi connectivity index (χ2v) is 5.14. The Labute approximate surface area is 102 Å². The van der Waals surface area contributed by atoms with Gasteiger partial charge < -0.3 is 10.4 Å². The Hall–Kier alpha value is -0.390. The molecule has 0 fully saturated rings. The molecule has 0 radical (unpaired) electrons. The zero-order valence-electron chi connectivity index (χ0n) is 8.33. The second-order valence-electron chi connectivity index (χ2n) is 3.23. The van der Waals surface area contributed by atoms with Crippen molar-refractivity contribution >= 4 is 33.2 Å². The molecular weight excluding hydrogens is 278 g/mol. The Balaban J connectivity index is 2.00. The fourth-order valence-electron chi connectivity index (χ4n) is 1.19. The van der Waals surface area contributed by atoms with E-state index in [-0.39, 0.29) is 6.42 Å². The number of nitrogens with one attached hydrogen (secondary N) is 1. The predicted molar refractivity (Wildman–Crippen MR) is 65.5 cm³/mol. The Morgan fingerprint density at radius 1 is 1.53 bits per heavy atom. The number of rotatable bonds is 7. The fraction of sp³-hybridized carbons (Fsp3) is 0.500. The minimum Gasteiger partial charge on any atom is -0.481 e. The number of hydrogen-bond acceptors (Lipinski definition) is 3. The summed E-state index contributed by atoms with van der Waals surface area (Å²) in [6, 6.07) is 2.11. The lowest BCUT2D eigenvalue weighted by atomic mass is 10.3. The van der Waals surface area contributed by atoms with Gasteiger partial charge >= 0.3 is 5.97 Å². The molecule has 1 aromatic heterocycles. The van der Waals surface area contributed by atoms with E-state index in [4.69, 9.17) is 5.11 Å². The predicted octanol–water partition coefficient (Wildman–Crippen LogP) is 2.51. The SMILES string of the molecule is O=C(O)CCCNCCc1cc(Br)cs1. The Morgan fingerprint density at radius 2 is 2.33 bits per heavy atom. The molecule has 2 N–H and O–H groups in total. The molecule has 0 aliphatic rings. The molecule has 0 aromatic carbocycles. The van der Waals surface area contributed by atoms with Gasteiger partial charge in [0.1, 0.15) is 0 Å². The zero-order valence-corrected chi connectivity index (χ0v) is 10.7. The molecule has 1 rings (SSSR count). The van der Waals surface area contributed by atoms with Crippen molar-refractivity contribution in [2.45, 2.75) is 19.3 Å². The highest BCUT2D eigenvalue weighted by molar-refractivity contribution is 9.10. The Morgan fingerprint density at radius 3 is 2.93 bits per heavy atom. The lowest BCUT2D eigenvalue weighted by Gasteiger charge is -2.01. The molecule has 5 heteroatoms. The maximum atomic E-state index is 10.2. The average molecular weight is 292 g/mol. The molecule has 84 valence electrons. The summed E-state index contributed by atoms with van der Waals surface area (Å²) in [7, 11) is 0. The summed E-state index contributed by atoms with van der Waals surface area (Å²) in [4.78, 5) is 11.6. The number of carboxylic acid groups (broad SMARTS) is 1. The molecule has 0 atom stereocenters. The number of halogens is 1. The first-order chi connectivity index (χ1) is 7.18. The molecular formula is C10H14BrNO2S. The van der Waals surface area contributed by atoms with Crippen molar-refractivity contribution in [3.8, 4) is 0 Å². The summed E-state index contributed by atoms with van der Waals surface area (Å²) < 4.78 is 1.13. The van der Waals surface area contributed by atoms with Crippen molar-refractivity contribution in [2.24, 2.45) is 0 Å². The summed E-state index contributed by atoms with van der Waals surface area (Å²) in [5.74, 6) is -0.723. The first-order valence-corrected chi connectivity index (χ1v) is 6.51. The molecule has 0 saturated carbocycles. The minimum atomic E-state index is -0.723. The van der Waals surface area contributed by atoms with Crippen molar-refractivity contribution in [3.05, 3.63) is 20.8 Å². The third-order valence-corrected chi connectivity index (χ3v) is 3.67. The lowest BCUT2D eigenvalue weighted by molar-refractivity contribution is -0.137. The van der Waals surface area contributed by atoms with Crippen LogP contribution in [0.15, 0.2) is 15.9 Å². The molecule has 0 aliphatic heterocycles. The maximum absolute atomic E-state index is 10.2. The van der Waals surface area contributed by atoms with E-state index in [0.29, 0.717) is 6.42 Å². The van der Waals surface area contributed by atoms with Crippen LogP contribution in [-0.2, 0) is 11.2 Å². The molecule has 1 heterocycles. The van der Waals surface area contributed by atoms with Gasteiger partial charge in [-0.05, 0) is 47.9 Å². The molecule has 1 aromatic rings. The maximum Gasteiger partial charge on any atom is 0.303 e. The minimum absolute atomic E-state index is 0.248. The highest BCUT2D eigenvalue weighted by Crippen LogP contribution is 2.19. The summed E-state index contributed by atoms with van der Waals surface area (Å²) in [5.41, 5.74) is 0. The number of carbonyl (C=O) groups is 1. The van der Waals surface area contributed by atoms with Crippen LogP contribution in [-0.4, -0.2) is 24.2 Å². The first-order valence-electron chi connectivity index (χ1n) is 4.84. The summed E-state index contributed by atoms with van der Waals surface area (Å²) >= 11 is 5.14. The van der Waals surface area contributed by atoms with Gasteiger partial charge in [-0.15, -0.1) is 11.3 Å². The quantitative estimate of drug-likeness (QED) is 0.759. The lowest BCUT2D eigenvalue weighted by Crippen LogP contribution is -2.18. The van der Waals surface area contributed by atoms with Crippen molar-refractivity contribution < 1.29 is 9.90 Å². The number of carboxylic acids is 1. The van der Waals surface area contributed by atoms with Crippen LogP contribution in [0.5, 0.6) is 0 Å². The van der Waals surface area contributed by atoms with Crippen molar-refractivity contribution in [1.29, 1.82) is 0 Å². The van der Waals surface area contributed by atoms with Gasteiger partial charge in [0, 0.05) is 21.2 Å². The number of aliphatic carboxylic acids is 1. The van der Waals surface area contributed by atoms with Crippen LogP contribution in [0.25, 0.3) is 0 Å². The highest BCUT2D eigenvalue weighted by Gasteiger charge is 1.98. The first kappa shape index (κ1) is 12.7. The van der Waals surface area contributed by atoms with E-state index < -0.39 is 5.97 Å². The fourth-order valence-corrected chi connectivity index (χ4v) is 2.64. The van der Waals surface area contributed by atoms with Gasteiger partial charge in [0.05, 0.1) is 0 Å². The smallest absolute Gasteiger partial charge is 0.303 e. The Kier molecular flexibility index (Phi) is 5.90. The van der Waals surface area contributed by atoms with Crippen LogP contribution in [0.4, 0.5) is 0 Å². The van der Waals surface area contributed by atoms with E-state index in [9.17, 15) is 4.79 Å². The van der Waals surface area contributed by atoms with Crippen LogP contribution in [0.2, 0.25) is 0 Å². The van der Waals surface area contributed by atoms with Crippen LogP contribution in [0.1, 0.15) is 17.7 Å². The van der Waals surface area contributed by atoms with Crippen LogP contribution in [0, 0.1) is 0 Å². The highest BCUT2D eigenvalue weighted by atomic mass is 79.9. The van der Waals surface area contributed by atoms with Crippen LogP contribution < -0.4 is 5.32 Å². The zero-order chi connectivity index (χ0) is 11.1. The van der Waals surface area contributed by atoms with Gasteiger partial charge in [-0.3, -0.25) is 4.79 Å². The third-order valence-electron chi connectivity index (χ3n) is 1.91. The number of hydrogen-bond donors (Lipinski definition) is 2. The van der Waals surface area contributed by atoms with Crippen molar-refractivity contribution in [1.82, 2.24) is 5.32 Å². The largest absolute Gasteiger partial charge is 0.481 e. The summed E-state index contributed by atoms with van der Waals surface area (Å²) in [6.07, 6.45) is 1.95. The molecule has 0 aliphatic carbocycles. The third kappa shape index (κ3) is 5.92. The van der Waals surface area contributed by atoms with Crippen molar-refractivity contribution in [3.63, 3.8) is 0 Å². The van der Waals surface area contributed by atoms with Crippen LogP contribution >= 0.6 is 27.3 Å². The Bertz CT molecular complexity index is 314. The van der Waals surface area contributed by atoms with Crippen molar-refractivity contribution in [2.75, 3.05) is 13.1 Å². The second kappa shape index (κ2) is 6.98. The molecule has 0 unspecified atom stereocenters. The standard InChI is InChI=1S/C10H14BrNO2S/c11-8-6-9(15-7-8)3-5-12-4-1-2-10(13)14/h6-7,12H,1-5H2,(H,13,14). The van der Waals surface area contributed by atoms with Gasteiger partial charge in [0.15, 0.2) is 0 Å². The molecule has 15 heavy (non-hydrogen) atoms. The van der Waals surface area contributed by atoms with Gasteiger partial charge in [-0.2, -0.15) is 0 Å². The van der Waals surface area contributed by atoms with Gasteiger partial charge in [-0.25, -0.2) is 0 Å². The molecule has 0 amide bonds. The average Bonchev–Trinajstić information content (AvgIpc) is 2.57. The number of thiophene rings is 1. The molecule has 0 saturated heterocycles. The normalized spacial score (nSPS) is 10.5. The van der Waals surface area contributed by atoms with E-state index in [1.165, 1.54) is 4.88 Å². The molecule has 3 nitrogen and oxygen atoms in total. The molecule has 0 spiro atoms. The van der Waals surface area contributed by atoms with Crippen LogP contribution in [0.3, 0.4) is 0 Å². The van der Waals surface area contributed by atoms with E-state index in [2.05, 4.69) is 32.7 Å². The summed E-state index contributed by atoms with van der Waals surface area (Å²) in [6.45, 7) is 1.69. The van der Waals surface area contributed by atoms with E-state index in [1.54, 1.807) is 11.3 Å². The molecule has 0 bridgehead atoms.